The lowest BCUT2D eigenvalue weighted by Gasteiger charge is -2.30. The predicted molar refractivity (Wildman–Crippen MR) is 191 cm³/mol. The van der Waals surface area contributed by atoms with E-state index < -0.39 is 102 Å². The summed E-state index contributed by atoms with van der Waals surface area (Å²) in [6.45, 7) is 6.13. The summed E-state index contributed by atoms with van der Waals surface area (Å²) in [6.07, 6.45) is -7.78. The SMILES string of the molecule is C=C.CC(C)(COP(=O)(O)OP(=O)(O)OC[C@H]1O[C@@H](n2cnc3c(N)ncnc32)[C@H](O)[C@@H]1OP(=O)(O)O)C(O)C(=O)NCCC(=O)NCCSC(=O)CC(=O)O. The number of imidazole rings is 1. The van der Waals surface area contributed by atoms with E-state index >= 15 is 0 Å². The van der Waals surface area contributed by atoms with Crippen LogP contribution in [0.2, 0.25) is 0 Å². The van der Waals surface area contributed by atoms with E-state index in [2.05, 4.69) is 47.6 Å². The van der Waals surface area contributed by atoms with Crippen LogP contribution < -0.4 is 16.4 Å². The highest BCUT2D eigenvalue weighted by atomic mass is 32.2. The van der Waals surface area contributed by atoms with Crippen LogP contribution in [0.3, 0.4) is 0 Å². The molecule has 1 aliphatic rings. The molecule has 26 nitrogen and oxygen atoms in total. The molecule has 316 valence electrons. The molecule has 3 rings (SSSR count). The van der Waals surface area contributed by atoms with Crippen LogP contribution in [0.4, 0.5) is 5.82 Å². The molecule has 7 atom stereocenters. The zero-order valence-electron chi connectivity index (χ0n) is 29.6. The van der Waals surface area contributed by atoms with E-state index in [1.54, 1.807) is 0 Å². The minimum atomic E-state index is -5.59. The summed E-state index contributed by atoms with van der Waals surface area (Å²) < 4.78 is 61.8. The first-order chi connectivity index (χ1) is 25.9. The molecule has 0 bridgehead atoms. The number of fused-ring (bicyclic) bond motifs is 1. The maximum atomic E-state index is 12.6. The number of phosphoric ester groups is 3. The van der Waals surface area contributed by atoms with Crippen molar-refractivity contribution >= 4 is 75.1 Å². The number of aliphatic hydroxyl groups excluding tert-OH is 2. The number of ether oxygens (including phenoxy) is 1. The molecule has 2 aromatic heterocycles. The number of nitrogens with two attached hydrogens (primary N) is 1. The number of phosphoric acid groups is 3. The molecule has 30 heteroatoms. The van der Waals surface area contributed by atoms with Gasteiger partial charge in [-0.15, -0.1) is 13.2 Å². The van der Waals surface area contributed by atoms with E-state index in [1.165, 1.54) is 13.8 Å². The van der Waals surface area contributed by atoms with Gasteiger partial charge in [0.2, 0.25) is 11.8 Å². The Morgan fingerprint density at radius 3 is 2.32 bits per heavy atom. The zero-order chi connectivity index (χ0) is 42.6. The second-order valence-corrected chi connectivity index (χ2v) is 17.2. The van der Waals surface area contributed by atoms with Crippen LogP contribution in [0.15, 0.2) is 25.8 Å². The number of thioether (sulfide) groups is 1. The Labute approximate surface area is 321 Å². The highest BCUT2D eigenvalue weighted by molar-refractivity contribution is 8.13. The van der Waals surface area contributed by atoms with E-state index in [-0.39, 0.29) is 42.2 Å². The van der Waals surface area contributed by atoms with E-state index in [1.807, 2.05) is 0 Å². The first-order valence-corrected chi connectivity index (χ1v) is 21.2. The minimum Gasteiger partial charge on any atom is -0.481 e. The summed E-state index contributed by atoms with van der Waals surface area (Å²) >= 11 is 0.718. The minimum absolute atomic E-state index is 0.0185. The van der Waals surface area contributed by atoms with Crippen molar-refractivity contribution in [2.24, 2.45) is 5.41 Å². The second-order valence-electron chi connectivity index (χ2n) is 11.9. The van der Waals surface area contributed by atoms with Gasteiger partial charge in [-0.05, 0) is 0 Å². The maximum Gasteiger partial charge on any atom is 0.481 e. The fraction of sp³-hybridized carbons (Fsp3) is 0.577. The highest BCUT2D eigenvalue weighted by Gasteiger charge is 2.50. The van der Waals surface area contributed by atoms with Gasteiger partial charge in [0.05, 0.1) is 19.5 Å². The summed E-state index contributed by atoms with van der Waals surface area (Å²) in [5.41, 5.74) is 4.19. The lowest BCUT2D eigenvalue weighted by atomic mass is 9.87. The number of hydrogen-bond donors (Lipinski definition) is 10. The number of anilines is 1. The van der Waals surface area contributed by atoms with Crippen LogP contribution >= 0.6 is 35.2 Å². The van der Waals surface area contributed by atoms with E-state index in [4.69, 9.17) is 24.6 Å². The number of aliphatic carboxylic acids is 1. The van der Waals surface area contributed by atoms with Crippen LogP contribution in [0, 0.1) is 5.41 Å². The number of carboxylic acids is 1. The van der Waals surface area contributed by atoms with Gasteiger partial charge in [0.25, 0.3) is 0 Å². The lowest BCUT2D eigenvalue weighted by molar-refractivity contribution is -0.139. The third kappa shape index (κ3) is 15.3. The fourth-order valence-electron chi connectivity index (χ4n) is 4.47. The van der Waals surface area contributed by atoms with Crippen LogP contribution in [0.1, 0.15) is 32.9 Å². The molecule has 2 aromatic rings. The van der Waals surface area contributed by atoms with Crippen molar-refractivity contribution < 1.29 is 90.4 Å². The standard InChI is InChI=1S/C24H38N7O19P3S.C2H4/c1-24(2,19(37)22(38)27-4-3-13(32)26-5-6-54-15(35)7-14(33)34)9-47-53(44,45)50-52(42,43)46-8-12-18(49-51(39,40)41)17(36)23(48-12)31-11-30-16-20(25)28-10-29-21(16)31;1-2/h10-12,17-19,23,36-37H,3-9H2,1-2H3,(H,26,32)(H,27,38)(H,33,34)(H,42,43)(H,44,45)(H2,25,28,29)(H2,39,40,41);1-2H2/t12-,17-,18-,19?,23-;/m1./s1. The van der Waals surface area contributed by atoms with Crippen molar-refractivity contribution in [2.75, 3.05) is 37.8 Å². The Morgan fingerprint density at radius 2 is 1.70 bits per heavy atom. The third-order valence-electron chi connectivity index (χ3n) is 7.06. The van der Waals surface area contributed by atoms with Gasteiger partial charge in [0, 0.05) is 30.7 Å². The number of carbonyl (C=O) groups is 4. The van der Waals surface area contributed by atoms with Gasteiger partial charge >= 0.3 is 29.4 Å². The predicted octanol–water partition coefficient (Wildman–Crippen LogP) is -1.06. The normalized spacial score (nSPS) is 21.2. The molecule has 0 saturated carbocycles. The second kappa shape index (κ2) is 21.0. The number of carbonyl (C=O) groups excluding carboxylic acids is 3. The number of amides is 2. The Hall–Kier alpha value is -3.23. The van der Waals surface area contributed by atoms with Crippen LogP contribution in [0.25, 0.3) is 11.2 Å². The number of nitrogens with one attached hydrogen (secondary N) is 2. The molecule has 0 aliphatic carbocycles. The van der Waals surface area contributed by atoms with Crippen LogP contribution in [0.5, 0.6) is 0 Å². The van der Waals surface area contributed by atoms with Gasteiger partial charge in [-0.3, -0.25) is 37.3 Å². The summed E-state index contributed by atoms with van der Waals surface area (Å²) in [5, 5.41) is 34.0. The van der Waals surface area contributed by atoms with Gasteiger partial charge in [0.1, 0.15) is 42.7 Å². The topological polar surface area (TPSA) is 401 Å². The smallest absolute Gasteiger partial charge is 0.481 e. The lowest BCUT2D eigenvalue weighted by Crippen LogP contribution is -2.46. The molecular formula is C26H42N7O19P3S. The highest BCUT2D eigenvalue weighted by Crippen LogP contribution is 2.61. The first kappa shape index (κ1) is 48.9. The summed E-state index contributed by atoms with van der Waals surface area (Å²) in [5.74, 6) is -2.80. The van der Waals surface area contributed by atoms with Crippen molar-refractivity contribution in [3.63, 3.8) is 0 Å². The van der Waals surface area contributed by atoms with Gasteiger partial charge < -0.3 is 56.0 Å². The molecule has 56 heavy (non-hydrogen) atoms. The van der Waals surface area contributed by atoms with Gasteiger partial charge in [-0.2, -0.15) is 4.31 Å². The molecule has 1 fully saturated rings. The van der Waals surface area contributed by atoms with E-state index in [9.17, 15) is 62.7 Å². The first-order valence-electron chi connectivity index (χ1n) is 15.7. The average molecular weight is 882 g/mol. The number of aliphatic hydroxyl groups is 2. The van der Waals surface area contributed by atoms with Crippen molar-refractivity contribution in [3.8, 4) is 0 Å². The van der Waals surface area contributed by atoms with Crippen molar-refractivity contribution in [1.82, 2.24) is 30.2 Å². The molecular weight excluding hydrogens is 839 g/mol. The molecule has 2 amide bonds. The summed E-state index contributed by atoms with van der Waals surface area (Å²) in [4.78, 5) is 97.0. The number of nitrogen functional groups attached to an aromatic ring is 1. The van der Waals surface area contributed by atoms with Crippen molar-refractivity contribution in [3.05, 3.63) is 25.8 Å². The molecule has 11 N–H and O–H groups in total. The summed E-state index contributed by atoms with van der Waals surface area (Å²) in [6, 6.07) is 0. The number of carboxylic acid groups (broad SMARTS) is 1. The number of hydrogen-bond acceptors (Lipinski definition) is 19. The molecule has 3 heterocycles. The fourth-order valence-corrected chi connectivity index (χ4v) is 7.96. The third-order valence-corrected chi connectivity index (χ3v) is 11.0. The molecule has 0 aromatic carbocycles. The van der Waals surface area contributed by atoms with Gasteiger partial charge in [0.15, 0.2) is 22.8 Å². The Morgan fingerprint density at radius 1 is 1.05 bits per heavy atom. The maximum absolute atomic E-state index is 12.6. The molecule has 1 saturated heterocycles. The van der Waals surface area contributed by atoms with Gasteiger partial charge in [-0.25, -0.2) is 28.6 Å². The molecule has 1 aliphatic heterocycles. The Bertz CT molecular complexity index is 1850. The van der Waals surface area contributed by atoms with E-state index in [0.717, 1.165) is 29.0 Å². The van der Waals surface area contributed by atoms with Crippen LogP contribution in [-0.4, -0.2) is 134 Å². The zero-order valence-corrected chi connectivity index (χ0v) is 33.1. The number of aromatic nitrogens is 4. The van der Waals surface area contributed by atoms with Crippen LogP contribution in [-0.2, 0) is 55.5 Å². The molecule has 0 radical (unpaired) electrons. The Balaban J connectivity index is 0.00000532. The van der Waals surface area contributed by atoms with Crippen molar-refractivity contribution in [2.45, 2.75) is 57.3 Å². The van der Waals surface area contributed by atoms with Crippen molar-refractivity contribution in [1.29, 1.82) is 0 Å². The number of rotatable bonds is 21. The average Bonchev–Trinajstić information content (AvgIpc) is 3.65. The van der Waals surface area contributed by atoms with E-state index in [0.29, 0.717) is 0 Å². The van der Waals surface area contributed by atoms with Gasteiger partial charge in [-0.1, -0.05) is 25.6 Å². The largest absolute Gasteiger partial charge is 0.481 e. The Kier molecular flexibility index (Phi) is 18.3. The quantitative estimate of drug-likeness (QED) is 0.0309. The molecule has 0 spiro atoms. The number of nitrogens with zero attached hydrogens (tertiary/aromatic N) is 4. The molecule has 3 unspecified atom stereocenters. The monoisotopic (exact) mass is 881 g/mol. The summed E-state index contributed by atoms with van der Waals surface area (Å²) in [7, 11) is -16.4.